The van der Waals surface area contributed by atoms with Gasteiger partial charge in [-0.15, -0.1) is 22.9 Å². The lowest BCUT2D eigenvalue weighted by Gasteiger charge is -2.39. The Balaban J connectivity index is 1.92. The third kappa shape index (κ3) is 2.56. The summed E-state index contributed by atoms with van der Waals surface area (Å²) in [4.78, 5) is 9.74. The van der Waals surface area contributed by atoms with Gasteiger partial charge in [0, 0.05) is 5.88 Å². The number of nitrogens with zero attached hydrogens (tertiary/aromatic N) is 2. The highest BCUT2D eigenvalue weighted by Gasteiger charge is 2.34. The van der Waals surface area contributed by atoms with Gasteiger partial charge in [0.25, 0.3) is 0 Å². The molecule has 0 bridgehead atoms. The Morgan fingerprint density at radius 3 is 3.21 bits per heavy atom. The summed E-state index contributed by atoms with van der Waals surface area (Å²) in [6.07, 6.45) is 6.41. The van der Waals surface area contributed by atoms with Crippen molar-refractivity contribution >= 4 is 39.0 Å². The van der Waals surface area contributed by atoms with E-state index >= 15 is 0 Å². The fraction of sp³-hybridized carbons (Fsp3) is 0.571. The summed E-state index contributed by atoms with van der Waals surface area (Å²) in [6.45, 7) is 2.31. The summed E-state index contributed by atoms with van der Waals surface area (Å²) in [5.74, 6) is 2.29. The molecule has 0 radical (unpaired) electrons. The number of nitrogens with one attached hydrogen (secondary N) is 1. The average Bonchev–Trinajstić information content (AvgIpc) is 2.88. The second-order valence-corrected chi connectivity index (χ2v) is 6.76. The molecule has 0 saturated heterocycles. The number of alkyl halides is 1. The summed E-state index contributed by atoms with van der Waals surface area (Å²) >= 11 is 7.92. The molecule has 2 heterocycles. The van der Waals surface area contributed by atoms with Crippen LogP contribution in [0.25, 0.3) is 10.2 Å². The Kier molecular flexibility index (Phi) is 3.63. The summed E-state index contributed by atoms with van der Waals surface area (Å²) in [7, 11) is 0. The molecule has 0 amide bonds. The fourth-order valence-electron chi connectivity index (χ4n) is 3.07. The van der Waals surface area contributed by atoms with Crippen molar-refractivity contribution in [3.05, 3.63) is 17.8 Å². The first kappa shape index (κ1) is 13.1. The molecule has 2 aromatic rings. The van der Waals surface area contributed by atoms with Crippen molar-refractivity contribution in [1.29, 1.82) is 0 Å². The van der Waals surface area contributed by atoms with E-state index in [2.05, 4.69) is 33.7 Å². The highest BCUT2D eigenvalue weighted by molar-refractivity contribution is 7.16. The second kappa shape index (κ2) is 5.25. The quantitative estimate of drug-likeness (QED) is 0.858. The highest BCUT2D eigenvalue weighted by Crippen LogP contribution is 2.37. The molecule has 2 aromatic heterocycles. The molecule has 5 heteroatoms. The lowest BCUT2D eigenvalue weighted by molar-refractivity contribution is 0.279. The minimum atomic E-state index is -0.0115. The van der Waals surface area contributed by atoms with Crippen LogP contribution in [0.2, 0.25) is 0 Å². The maximum Gasteiger partial charge on any atom is 0.138 e. The van der Waals surface area contributed by atoms with Gasteiger partial charge >= 0.3 is 0 Å². The molecule has 3 rings (SSSR count). The Hall–Kier alpha value is -0.870. The molecule has 0 aromatic carbocycles. The van der Waals surface area contributed by atoms with E-state index in [0.717, 1.165) is 34.8 Å². The van der Waals surface area contributed by atoms with E-state index in [0.29, 0.717) is 5.88 Å². The lowest BCUT2D eigenvalue weighted by Crippen LogP contribution is -2.44. The number of hydrogen-bond acceptors (Lipinski definition) is 4. The number of hydrogen-bond donors (Lipinski definition) is 1. The predicted octanol–water partition coefficient (Wildman–Crippen LogP) is 4.29. The molecule has 1 aliphatic carbocycles. The Morgan fingerprint density at radius 1 is 1.53 bits per heavy atom. The maximum atomic E-state index is 6.27. The third-order valence-corrected chi connectivity index (χ3v) is 5.32. The number of thiophene rings is 1. The summed E-state index contributed by atoms with van der Waals surface area (Å²) in [6, 6.07) is 2.08. The zero-order valence-corrected chi connectivity index (χ0v) is 12.6. The molecule has 19 heavy (non-hydrogen) atoms. The Bertz CT molecular complexity index is 571. The molecule has 1 aliphatic rings. The highest BCUT2D eigenvalue weighted by atomic mass is 35.5. The first-order valence-corrected chi connectivity index (χ1v) is 8.16. The average molecular weight is 296 g/mol. The monoisotopic (exact) mass is 295 g/mol. The van der Waals surface area contributed by atoms with Crippen LogP contribution in [0.4, 0.5) is 5.82 Å². The van der Waals surface area contributed by atoms with Crippen molar-refractivity contribution in [2.45, 2.75) is 38.1 Å². The van der Waals surface area contributed by atoms with Crippen LogP contribution in [0.1, 0.15) is 32.6 Å². The van der Waals surface area contributed by atoms with Gasteiger partial charge in [-0.2, -0.15) is 0 Å². The van der Waals surface area contributed by atoms with Crippen molar-refractivity contribution in [1.82, 2.24) is 9.97 Å². The van der Waals surface area contributed by atoms with Crippen LogP contribution in [0.5, 0.6) is 0 Å². The molecule has 1 N–H and O–H groups in total. The van der Waals surface area contributed by atoms with Crippen LogP contribution >= 0.6 is 22.9 Å². The van der Waals surface area contributed by atoms with Gasteiger partial charge < -0.3 is 5.32 Å². The van der Waals surface area contributed by atoms with Gasteiger partial charge in [-0.1, -0.05) is 19.8 Å². The number of fused-ring (bicyclic) bond motifs is 1. The van der Waals surface area contributed by atoms with Crippen LogP contribution in [-0.4, -0.2) is 21.4 Å². The second-order valence-electron chi connectivity index (χ2n) is 5.60. The number of halogens is 1. The van der Waals surface area contributed by atoms with Gasteiger partial charge in [-0.3, -0.25) is 0 Å². The standard InChI is InChI=1S/C14H18ClN3S/c1-10-3-2-5-14(7-10,8-15)18-12-11-4-6-19-13(11)17-9-16-12/h4,6,9-10H,2-3,5,7-8H2,1H3,(H,16,17,18). The van der Waals surface area contributed by atoms with E-state index in [1.54, 1.807) is 17.7 Å². The van der Waals surface area contributed by atoms with E-state index in [1.165, 1.54) is 12.8 Å². The number of rotatable bonds is 3. The first-order chi connectivity index (χ1) is 9.22. The van der Waals surface area contributed by atoms with Gasteiger partial charge in [-0.05, 0) is 30.2 Å². The van der Waals surface area contributed by atoms with Crippen molar-refractivity contribution in [2.75, 3.05) is 11.2 Å². The van der Waals surface area contributed by atoms with Gasteiger partial charge in [-0.25, -0.2) is 9.97 Å². The normalized spacial score (nSPS) is 27.6. The molecule has 1 saturated carbocycles. The van der Waals surface area contributed by atoms with Gasteiger partial charge in [0.15, 0.2) is 0 Å². The van der Waals surface area contributed by atoms with Crippen LogP contribution in [0.15, 0.2) is 17.8 Å². The maximum absolute atomic E-state index is 6.27. The Morgan fingerprint density at radius 2 is 2.42 bits per heavy atom. The fourth-order valence-corrected chi connectivity index (χ4v) is 4.11. The SMILES string of the molecule is CC1CCCC(CCl)(Nc2ncnc3sccc23)C1. The molecule has 102 valence electrons. The summed E-state index contributed by atoms with van der Waals surface area (Å²) in [5.41, 5.74) is -0.0115. The van der Waals surface area contributed by atoms with E-state index in [-0.39, 0.29) is 5.54 Å². The number of anilines is 1. The molecule has 2 atom stereocenters. The van der Waals surface area contributed by atoms with E-state index in [9.17, 15) is 0 Å². The molecule has 0 aliphatic heterocycles. The van der Waals surface area contributed by atoms with Gasteiger partial charge in [0.2, 0.25) is 0 Å². The molecule has 1 fully saturated rings. The molecule has 2 unspecified atom stereocenters. The van der Waals surface area contributed by atoms with E-state index in [4.69, 9.17) is 11.6 Å². The van der Waals surface area contributed by atoms with Crippen molar-refractivity contribution in [3.8, 4) is 0 Å². The van der Waals surface area contributed by atoms with Crippen molar-refractivity contribution in [3.63, 3.8) is 0 Å². The minimum absolute atomic E-state index is 0.0115. The van der Waals surface area contributed by atoms with Crippen LogP contribution < -0.4 is 5.32 Å². The van der Waals surface area contributed by atoms with E-state index < -0.39 is 0 Å². The van der Waals surface area contributed by atoms with Crippen LogP contribution in [0, 0.1) is 5.92 Å². The molecule has 0 spiro atoms. The lowest BCUT2D eigenvalue weighted by atomic mass is 9.77. The van der Waals surface area contributed by atoms with Crippen molar-refractivity contribution < 1.29 is 0 Å². The topological polar surface area (TPSA) is 37.8 Å². The summed E-state index contributed by atoms with van der Waals surface area (Å²) < 4.78 is 0. The molecular weight excluding hydrogens is 278 g/mol. The smallest absolute Gasteiger partial charge is 0.138 e. The molecular formula is C14H18ClN3S. The van der Waals surface area contributed by atoms with Gasteiger partial charge in [0.1, 0.15) is 17.0 Å². The predicted molar refractivity (Wildman–Crippen MR) is 82.1 cm³/mol. The Labute approximate surface area is 122 Å². The zero-order valence-electron chi connectivity index (χ0n) is 11.0. The zero-order chi connectivity index (χ0) is 13.3. The van der Waals surface area contributed by atoms with Crippen molar-refractivity contribution in [2.24, 2.45) is 5.92 Å². The molecule has 3 nitrogen and oxygen atoms in total. The van der Waals surface area contributed by atoms with Crippen LogP contribution in [-0.2, 0) is 0 Å². The first-order valence-electron chi connectivity index (χ1n) is 6.75. The van der Waals surface area contributed by atoms with Gasteiger partial charge in [0.05, 0.1) is 10.9 Å². The van der Waals surface area contributed by atoms with Crippen LogP contribution in [0.3, 0.4) is 0 Å². The van der Waals surface area contributed by atoms with E-state index in [1.807, 2.05) is 0 Å². The minimum Gasteiger partial charge on any atom is -0.363 e. The summed E-state index contributed by atoms with van der Waals surface area (Å²) in [5, 5.41) is 6.79. The number of aromatic nitrogens is 2. The largest absolute Gasteiger partial charge is 0.363 e. The third-order valence-electron chi connectivity index (χ3n) is 3.99.